The zero-order valence-corrected chi connectivity index (χ0v) is 18.6. The molecule has 0 aliphatic heterocycles. The summed E-state index contributed by atoms with van der Waals surface area (Å²) in [5, 5.41) is 3.29. The van der Waals surface area contributed by atoms with E-state index >= 15 is 0 Å². The minimum atomic E-state index is -3.81. The highest BCUT2D eigenvalue weighted by Crippen LogP contribution is 2.32. The van der Waals surface area contributed by atoms with Crippen molar-refractivity contribution in [2.24, 2.45) is 0 Å². The Morgan fingerprint density at radius 1 is 1.23 bits per heavy atom. The number of nitrogens with zero attached hydrogens (tertiary/aromatic N) is 3. The molecule has 0 aliphatic rings. The van der Waals surface area contributed by atoms with E-state index in [-0.39, 0.29) is 17.3 Å². The number of rotatable bonds is 7. The van der Waals surface area contributed by atoms with Gasteiger partial charge in [-0.05, 0) is 36.8 Å². The highest BCUT2D eigenvalue weighted by atomic mass is 35.5. The van der Waals surface area contributed by atoms with Gasteiger partial charge in [-0.3, -0.25) is 9.10 Å². The van der Waals surface area contributed by atoms with Crippen LogP contribution in [0.1, 0.15) is 12.5 Å². The standard InChI is InChI=1S/C20H20Cl2N4O3S/c1-14(26(30(2,28)29)19-11-16(21)7-8-17(19)22)20(27)24-12-15-5-3-4-6-18(15)25-10-9-23-13-25/h3-11,13-14H,12H2,1-2H3,(H,24,27)/t14-/m0/s1. The van der Waals surface area contributed by atoms with Crippen LogP contribution in [-0.4, -0.2) is 36.2 Å². The maximum Gasteiger partial charge on any atom is 0.243 e. The van der Waals surface area contributed by atoms with Gasteiger partial charge < -0.3 is 9.88 Å². The average Bonchev–Trinajstić information content (AvgIpc) is 3.22. The number of sulfonamides is 1. The van der Waals surface area contributed by atoms with Gasteiger partial charge in [0.2, 0.25) is 15.9 Å². The monoisotopic (exact) mass is 466 g/mol. The van der Waals surface area contributed by atoms with Crippen LogP contribution in [0.15, 0.2) is 61.2 Å². The van der Waals surface area contributed by atoms with Crippen molar-refractivity contribution in [2.45, 2.75) is 19.5 Å². The molecule has 3 rings (SSSR count). The maximum absolute atomic E-state index is 12.9. The summed E-state index contributed by atoms with van der Waals surface area (Å²) < 4.78 is 27.7. The van der Waals surface area contributed by atoms with E-state index in [0.717, 1.165) is 21.8 Å². The van der Waals surface area contributed by atoms with Gasteiger partial charge in [-0.2, -0.15) is 0 Å². The summed E-state index contributed by atoms with van der Waals surface area (Å²) in [6.07, 6.45) is 6.14. The lowest BCUT2D eigenvalue weighted by atomic mass is 10.1. The molecule has 0 bridgehead atoms. The highest BCUT2D eigenvalue weighted by Gasteiger charge is 2.30. The SMILES string of the molecule is C[C@@H](C(=O)NCc1ccccc1-n1ccnc1)N(c1cc(Cl)ccc1Cl)S(C)(=O)=O. The highest BCUT2D eigenvalue weighted by molar-refractivity contribution is 7.92. The number of halogens is 2. The van der Waals surface area contributed by atoms with E-state index in [1.54, 1.807) is 24.8 Å². The number of imidazole rings is 1. The minimum Gasteiger partial charge on any atom is -0.350 e. The number of benzene rings is 2. The van der Waals surface area contributed by atoms with Gasteiger partial charge >= 0.3 is 0 Å². The number of hydrogen-bond acceptors (Lipinski definition) is 4. The third-order valence-corrected chi connectivity index (χ3v) is 6.24. The smallest absolute Gasteiger partial charge is 0.243 e. The Hall–Kier alpha value is -2.55. The summed E-state index contributed by atoms with van der Waals surface area (Å²) in [5.74, 6) is -0.475. The lowest BCUT2D eigenvalue weighted by Crippen LogP contribution is -2.47. The zero-order valence-electron chi connectivity index (χ0n) is 16.3. The van der Waals surface area contributed by atoms with Crippen LogP contribution in [0, 0.1) is 0 Å². The van der Waals surface area contributed by atoms with Gasteiger partial charge in [0.05, 0.1) is 29.0 Å². The Balaban J connectivity index is 1.83. The normalized spacial score (nSPS) is 12.4. The zero-order chi connectivity index (χ0) is 21.9. The fourth-order valence-electron chi connectivity index (χ4n) is 3.08. The van der Waals surface area contributed by atoms with Gasteiger partial charge in [0, 0.05) is 24.0 Å². The van der Waals surface area contributed by atoms with Crippen LogP contribution in [0.2, 0.25) is 10.0 Å². The Morgan fingerprint density at radius 3 is 2.63 bits per heavy atom. The molecular formula is C20H20Cl2N4O3S. The third-order valence-electron chi connectivity index (χ3n) is 4.46. The number of carbonyl (C=O) groups is 1. The molecule has 0 aliphatic carbocycles. The third kappa shape index (κ3) is 4.95. The van der Waals surface area contributed by atoms with Crippen LogP contribution in [0.25, 0.3) is 5.69 Å². The number of aromatic nitrogens is 2. The number of amides is 1. The van der Waals surface area contributed by atoms with Gasteiger partial charge in [0.15, 0.2) is 0 Å². The van der Waals surface area contributed by atoms with Gasteiger partial charge in [0.1, 0.15) is 6.04 Å². The number of hydrogen-bond donors (Lipinski definition) is 1. The van der Waals surface area contributed by atoms with Gasteiger partial charge in [-0.25, -0.2) is 13.4 Å². The first-order chi connectivity index (χ1) is 14.2. The lowest BCUT2D eigenvalue weighted by molar-refractivity contribution is -0.122. The van der Waals surface area contributed by atoms with Crippen LogP contribution in [0.4, 0.5) is 5.69 Å². The summed E-state index contributed by atoms with van der Waals surface area (Å²) in [6, 6.07) is 10.9. The topological polar surface area (TPSA) is 84.3 Å². The molecule has 0 spiro atoms. The molecule has 10 heteroatoms. The van der Waals surface area contributed by atoms with E-state index < -0.39 is 22.0 Å². The molecule has 0 unspecified atom stereocenters. The molecule has 1 atom stereocenters. The predicted molar refractivity (Wildman–Crippen MR) is 119 cm³/mol. The molecule has 0 saturated carbocycles. The Morgan fingerprint density at radius 2 is 1.97 bits per heavy atom. The summed E-state index contributed by atoms with van der Waals surface area (Å²) in [5.41, 5.74) is 1.86. The fraction of sp³-hybridized carbons (Fsp3) is 0.200. The molecule has 158 valence electrons. The Bertz CT molecular complexity index is 1150. The van der Waals surface area contributed by atoms with Crippen molar-refractivity contribution in [1.82, 2.24) is 14.9 Å². The summed E-state index contributed by atoms with van der Waals surface area (Å²) in [4.78, 5) is 16.9. The van der Waals surface area contributed by atoms with Crippen molar-refractivity contribution in [2.75, 3.05) is 10.6 Å². The van der Waals surface area contributed by atoms with E-state index in [4.69, 9.17) is 23.2 Å². The van der Waals surface area contributed by atoms with Crippen LogP contribution in [-0.2, 0) is 21.4 Å². The van der Waals surface area contributed by atoms with Gasteiger partial charge in [0.25, 0.3) is 0 Å². The molecule has 1 amide bonds. The molecule has 0 radical (unpaired) electrons. The lowest BCUT2D eigenvalue weighted by Gasteiger charge is -2.29. The molecule has 0 saturated heterocycles. The minimum absolute atomic E-state index is 0.146. The molecule has 3 aromatic rings. The second kappa shape index (κ2) is 9.07. The quantitative estimate of drug-likeness (QED) is 0.575. The van der Waals surface area contributed by atoms with Crippen molar-refractivity contribution >= 4 is 44.8 Å². The fourth-order valence-corrected chi connectivity index (χ4v) is 4.68. The molecule has 2 aromatic carbocycles. The molecular weight excluding hydrogens is 447 g/mol. The van der Waals surface area contributed by atoms with Crippen LogP contribution in [0.3, 0.4) is 0 Å². The molecule has 1 aromatic heterocycles. The van der Waals surface area contributed by atoms with E-state index in [0.29, 0.717) is 5.02 Å². The summed E-state index contributed by atoms with van der Waals surface area (Å²) in [6.45, 7) is 1.70. The van der Waals surface area contributed by atoms with E-state index in [1.165, 1.54) is 19.1 Å². The number of anilines is 1. The first-order valence-electron chi connectivity index (χ1n) is 8.97. The van der Waals surface area contributed by atoms with Crippen molar-refractivity contribution in [1.29, 1.82) is 0 Å². The number of nitrogens with one attached hydrogen (secondary N) is 1. The maximum atomic E-state index is 12.9. The molecule has 30 heavy (non-hydrogen) atoms. The second-order valence-electron chi connectivity index (χ2n) is 6.65. The van der Waals surface area contributed by atoms with Gasteiger partial charge in [-0.1, -0.05) is 41.4 Å². The Labute approximate surface area is 185 Å². The molecule has 0 fully saturated rings. The molecule has 1 N–H and O–H groups in total. The van der Waals surface area contributed by atoms with Gasteiger partial charge in [-0.15, -0.1) is 0 Å². The van der Waals surface area contributed by atoms with Crippen LogP contribution >= 0.6 is 23.2 Å². The van der Waals surface area contributed by atoms with Crippen LogP contribution < -0.4 is 9.62 Å². The van der Waals surface area contributed by atoms with Crippen molar-refractivity contribution < 1.29 is 13.2 Å². The number of carbonyl (C=O) groups excluding carboxylic acids is 1. The van der Waals surface area contributed by atoms with Crippen molar-refractivity contribution in [3.63, 3.8) is 0 Å². The van der Waals surface area contributed by atoms with E-state index in [2.05, 4.69) is 10.3 Å². The Kier molecular flexibility index (Phi) is 6.70. The van der Waals surface area contributed by atoms with Crippen molar-refractivity contribution in [3.05, 3.63) is 76.8 Å². The second-order valence-corrected chi connectivity index (χ2v) is 9.35. The van der Waals surface area contributed by atoms with Crippen LogP contribution in [0.5, 0.6) is 0 Å². The molecule has 7 nitrogen and oxygen atoms in total. The number of para-hydroxylation sites is 1. The van der Waals surface area contributed by atoms with E-state index in [1.807, 2.05) is 28.8 Å². The summed E-state index contributed by atoms with van der Waals surface area (Å²) >= 11 is 12.2. The summed E-state index contributed by atoms with van der Waals surface area (Å²) in [7, 11) is -3.81. The largest absolute Gasteiger partial charge is 0.350 e. The predicted octanol–water partition coefficient (Wildman–Crippen LogP) is 3.65. The first-order valence-corrected chi connectivity index (χ1v) is 11.6. The molecule has 1 heterocycles. The average molecular weight is 467 g/mol. The first kappa shape index (κ1) is 22.1. The van der Waals surface area contributed by atoms with Crippen molar-refractivity contribution in [3.8, 4) is 5.69 Å². The van der Waals surface area contributed by atoms with E-state index in [9.17, 15) is 13.2 Å².